The first-order chi connectivity index (χ1) is 15.5. The van der Waals surface area contributed by atoms with Crippen molar-refractivity contribution < 1.29 is 9.53 Å². The fourth-order valence-corrected chi connectivity index (χ4v) is 4.28. The molecule has 0 atom stereocenters. The second-order valence-electron chi connectivity index (χ2n) is 8.14. The van der Waals surface area contributed by atoms with Crippen LogP contribution in [-0.2, 0) is 6.42 Å². The number of rotatable bonds is 5. The second-order valence-corrected chi connectivity index (χ2v) is 8.14. The van der Waals surface area contributed by atoms with Gasteiger partial charge in [0.05, 0.1) is 12.7 Å². The SMILES string of the molecule is CCc1c(C)nc(-c2cccc(C)c2)nc1N1CCN(C(=O)c2ccccc2OC)CC1. The third kappa shape index (κ3) is 4.31. The number of aryl methyl sites for hydroxylation is 2. The Bertz CT molecular complexity index is 1120. The molecule has 1 aromatic heterocycles. The number of carbonyl (C=O) groups excluding carboxylic acids is 1. The summed E-state index contributed by atoms with van der Waals surface area (Å²) in [5.74, 6) is 2.37. The zero-order valence-corrected chi connectivity index (χ0v) is 19.3. The molecule has 0 spiro atoms. The highest BCUT2D eigenvalue weighted by atomic mass is 16.5. The van der Waals surface area contributed by atoms with Gasteiger partial charge in [-0.15, -0.1) is 0 Å². The molecule has 2 heterocycles. The molecule has 0 radical (unpaired) electrons. The summed E-state index contributed by atoms with van der Waals surface area (Å²) in [5, 5.41) is 0. The monoisotopic (exact) mass is 430 g/mol. The van der Waals surface area contributed by atoms with E-state index in [1.165, 1.54) is 11.1 Å². The van der Waals surface area contributed by atoms with Crippen molar-refractivity contribution in [2.45, 2.75) is 27.2 Å². The van der Waals surface area contributed by atoms with Crippen LogP contribution in [0.2, 0.25) is 0 Å². The Morgan fingerprint density at radius 3 is 2.44 bits per heavy atom. The Balaban J connectivity index is 1.57. The van der Waals surface area contributed by atoms with Crippen LogP contribution in [0.15, 0.2) is 48.5 Å². The van der Waals surface area contributed by atoms with Crippen molar-refractivity contribution in [3.63, 3.8) is 0 Å². The van der Waals surface area contributed by atoms with Gasteiger partial charge in [0.2, 0.25) is 0 Å². The molecule has 1 saturated heterocycles. The summed E-state index contributed by atoms with van der Waals surface area (Å²) in [5.41, 5.74) is 5.01. The number of para-hydroxylation sites is 1. The summed E-state index contributed by atoms with van der Waals surface area (Å²) in [4.78, 5) is 27.0. The molecule has 0 aliphatic carbocycles. The first kappa shape index (κ1) is 21.8. The maximum atomic E-state index is 13.1. The van der Waals surface area contributed by atoms with Crippen molar-refractivity contribution in [1.29, 1.82) is 0 Å². The van der Waals surface area contributed by atoms with Gasteiger partial charge in [-0.25, -0.2) is 9.97 Å². The number of methoxy groups -OCH3 is 1. The van der Waals surface area contributed by atoms with Gasteiger partial charge in [-0.05, 0) is 38.5 Å². The van der Waals surface area contributed by atoms with Crippen molar-refractivity contribution in [1.82, 2.24) is 14.9 Å². The predicted molar refractivity (Wildman–Crippen MR) is 127 cm³/mol. The Kier molecular flexibility index (Phi) is 6.40. The van der Waals surface area contributed by atoms with E-state index in [1.54, 1.807) is 7.11 Å². The lowest BCUT2D eigenvalue weighted by Gasteiger charge is -2.36. The van der Waals surface area contributed by atoms with E-state index in [9.17, 15) is 4.79 Å². The molecule has 1 aliphatic heterocycles. The Hall–Kier alpha value is -3.41. The molecule has 2 aromatic carbocycles. The third-order valence-electron chi connectivity index (χ3n) is 6.03. The minimum atomic E-state index is 0.0112. The number of hydrogen-bond acceptors (Lipinski definition) is 5. The van der Waals surface area contributed by atoms with E-state index in [2.05, 4.69) is 43.9 Å². The van der Waals surface area contributed by atoms with E-state index in [1.807, 2.05) is 35.2 Å². The van der Waals surface area contributed by atoms with Crippen molar-refractivity contribution in [3.05, 3.63) is 70.9 Å². The molecule has 4 rings (SSSR count). The number of anilines is 1. The zero-order chi connectivity index (χ0) is 22.7. The Morgan fingerprint density at radius 2 is 1.75 bits per heavy atom. The number of amides is 1. The van der Waals surface area contributed by atoms with Crippen LogP contribution < -0.4 is 9.64 Å². The topological polar surface area (TPSA) is 58.6 Å². The number of piperazine rings is 1. The van der Waals surface area contributed by atoms with Gasteiger partial charge in [-0.1, -0.05) is 42.8 Å². The van der Waals surface area contributed by atoms with Gasteiger partial charge in [-0.3, -0.25) is 4.79 Å². The number of carbonyl (C=O) groups is 1. The van der Waals surface area contributed by atoms with Crippen LogP contribution in [0.1, 0.15) is 34.1 Å². The van der Waals surface area contributed by atoms with Crippen LogP contribution >= 0.6 is 0 Å². The highest BCUT2D eigenvalue weighted by Crippen LogP contribution is 2.28. The maximum Gasteiger partial charge on any atom is 0.257 e. The summed E-state index contributed by atoms with van der Waals surface area (Å²) < 4.78 is 5.38. The summed E-state index contributed by atoms with van der Waals surface area (Å²) in [6, 6.07) is 15.7. The fraction of sp³-hybridized carbons (Fsp3) is 0.346. The lowest BCUT2D eigenvalue weighted by Crippen LogP contribution is -2.49. The minimum absolute atomic E-state index is 0.0112. The van der Waals surface area contributed by atoms with Crippen molar-refractivity contribution in [2.75, 3.05) is 38.2 Å². The number of hydrogen-bond donors (Lipinski definition) is 0. The average molecular weight is 431 g/mol. The quantitative estimate of drug-likeness (QED) is 0.604. The molecule has 6 heteroatoms. The van der Waals surface area contributed by atoms with Gasteiger partial charge in [0.1, 0.15) is 11.6 Å². The van der Waals surface area contributed by atoms with Crippen molar-refractivity contribution in [3.8, 4) is 17.1 Å². The van der Waals surface area contributed by atoms with E-state index >= 15 is 0 Å². The van der Waals surface area contributed by atoms with Gasteiger partial charge in [0.25, 0.3) is 5.91 Å². The predicted octanol–water partition coefficient (Wildman–Crippen LogP) is 4.29. The molecule has 166 valence electrons. The molecular weight excluding hydrogens is 400 g/mol. The van der Waals surface area contributed by atoms with Crippen LogP contribution in [0.4, 0.5) is 5.82 Å². The molecule has 1 fully saturated rings. The van der Waals surface area contributed by atoms with E-state index in [0.717, 1.165) is 42.4 Å². The number of benzene rings is 2. The van der Waals surface area contributed by atoms with Gasteiger partial charge in [0, 0.05) is 43.0 Å². The van der Waals surface area contributed by atoms with Crippen LogP contribution in [0, 0.1) is 13.8 Å². The Labute approximate surface area is 189 Å². The molecule has 1 amide bonds. The molecule has 32 heavy (non-hydrogen) atoms. The van der Waals surface area contributed by atoms with Gasteiger partial charge >= 0.3 is 0 Å². The van der Waals surface area contributed by atoms with Crippen LogP contribution in [0.5, 0.6) is 5.75 Å². The number of aromatic nitrogens is 2. The summed E-state index contributed by atoms with van der Waals surface area (Å²) >= 11 is 0. The molecule has 0 N–H and O–H groups in total. The van der Waals surface area contributed by atoms with E-state index in [4.69, 9.17) is 14.7 Å². The van der Waals surface area contributed by atoms with Crippen LogP contribution in [0.25, 0.3) is 11.4 Å². The summed E-state index contributed by atoms with van der Waals surface area (Å²) in [6.45, 7) is 9.03. The van der Waals surface area contributed by atoms with Crippen molar-refractivity contribution >= 4 is 11.7 Å². The molecule has 0 saturated carbocycles. The molecule has 0 unspecified atom stereocenters. The highest BCUT2D eigenvalue weighted by molar-refractivity contribution is 5.97. The van der Waals surface area contributed by atoms with Gasteiger partial charge < -0.3 is 14.5 Å². The smallest absolute Gasteiger partial charge is 0.257 e. The standard InChI is InChI=1S/C26H30N4O2/c1-5-21-19(3)27-24(20-10-8-9-18(2)17-20)28-25(21)29-13-15-30(16-14-29)26(31)22-11-6-7-12-23(22)32-4/h6-12,17H,5,13-16H2,1-4H3. The molecule has 3 aromatic rings. The van der Waals surface area contributed by atoms with Gasteiger partial charge in [0.15, 0.2) is 5.82 Å². The average Bonchev–Trinajstić information content (AvgIpc) is 2.83. The largest absolute Gasteiger partial charge is 0.496 e. The van der Waals surface area contributed by atoms with Crippen molar-refractivity contribution in [2.24, 2.45) is 0 Å². The maximum absolute atomic E-state index is 13.1. The Morgan fingerprint density at radius 1 is 1.00 bits per heavy atom. The van der Waals surface area contributed by atoms with E-state index in [-0.39, 0.29) is 5.91 Å². The van der Waals surface area contributed by atoms with Crippen LogP contribution in [0.3, 0.4) is 0 Å². The summed E-state index contributed by atoms with van der Waals surface area (Å²) in [6.07, 6.45) is 0.871. The van der Waals surface area contributed by atoms with Gasteiger partial charge in [-0.2, -0.15) is 0 Å². The highest BCUT2D eigenvalue weighted by Gasteiger charge is 2.26. The molecule has 6 nitrogen and oxygen atoms in total. The molecule has 1 aliphatic rings. The van der Waals surface area contributed by atoms with Crippen LogP contribution in [-0.4, -0.2) is 54.1 Å². The number of ether oxygens (including phenoxy) is 1. The van der Waals surface area contributed by atoms with E-state index in [0.29, 0.717) is 24.4 Å². The number of nitrogens with zero attached hydrogens (tertiary/aromatic N) is 4. The third-order valence-corrected chi connectivity index (χ3v) is 6.03. The normalized spacial score (nSPS) is 13.9. The second kappa shape index (κ2) is 9.39. The summed E-state index contributed by atoms with van der Waals surface area (Å²) in [7, 11) is 1.60. The molecule has 0 bridgehead atoms. The fourth-order valence-electron chi connectivity index (χ4n) is 4.28. The first-order valence-corrected chi connectivity index (χ1v) is 11.1. The lowest BCUT2D eigenvalue weighted by molar-refractivity contribution is 0.0743. The lowest BCUT2D eigenvalue weighted by atomic mass is 10.1. The first-order valence-electron chi connectivity index (χ1n) is 11.1. The molecular formula is C26H30N4O2. The minimum Gasteiger partial charge on any atom is -0.496 e. The zero-order valence-electron chi connectivity index (χ0n) is 19.3. The van der Waals surface area contributed by atoms with E-state index < -0.39 is 0 Å².